The second kappa shape index (κ2) is 5.61. The molecule has 0 aromatic rings. The highest BCUT2D eigenvalue weighted by Gasteiger charge is 2.21. The standard InChI is InChI=1S/C11H23NO/c1-3-10(8-12)13-11-6-4-5-9(2)7-11/h9-11H,3-8,12H2,1-2H3. The summed E-state index contributed by atoms with van der Waals surface area (Å²) in [6.07, 6.45) is 6.98. The fourth-order valence-electron chi connectivity index (χ4n) is 2.09. The molecule has 0 aromatic heterocycles. The van der Waals surface area contributed by atoms with E-state index in [0.29, 0.717) is 12.6 Å². The van der Waals surface area contributed by atoms with Crippen molar-refractivity contribution < 1.29 is 4.74 Å². The van der Waals surface area contributed by atoms with Crippen molar-refractivity contribution in [3.8, 4) is 0 Å². The maximum atomic E-state index is 5.94. The predicted octanol–water partition coefficient (Wildman–Crippen LogP) is 2.32. The zero-order chi connectivity index (χ0) is 9.68. The summed E-state index contributed by atoms with van der Waals surface area (Å²) in [7, 11) is 0. The molecular formula is C11H23NO. The minimum absolute atomic E-state index is 0.287. The van der Waals surface area contributed by atoms with Gasteiger partial charge in [-0.05, 0) is 25.2 Å². The summed E-state index contributed by atoms with van der Waals surface area (Å²) in [5.41, 5.74) is 5.61. The lowest BCUT2D eigenvalue weighted by Gasteiger charge is -2.29. The van der Waals surface area contributed by atoms with Crippen molar-refractivity contribution in [1.82, 2.24) is 0 Å². The van der Waals surface area contributed by atoms with Crippen LogP contribution in [0.5, 0.6) is 0 Å². The highest BCUT2D eigenvalue weighted by atomic mass is 16.5. The summed E-state index contributed by atoms with van der Waals surface area (Å²) >= 11 is 0. The van der Waals surface area contributed by atoms with Gasteiger partial charge in [0.1, 0.15) is 0 Å². The van der Waals surface area contributed by atoms with Crippen LogP contribution in [0.15, 0.2) is 0 Å². The van der Waals surface area contributed by atoms with Crippen molar-refractivity contribution >= 4 is 0 Å². The van der Waals surface area contributed by atoms with E-state index in [1.54, 1.807) is 0 Å². The Labute approximate surface area is 81.8 Å². The predicted molar refractivity (Wildman–Crippen MR) is 55.6 cm³/mol. The fraction of sp³-hybridized carbons (Fsp3) is 1.00. The van der Waals surface area contributed by atoms with Crippen LogP contribution < -0.4 is 5.73 Å². The van der Waals surface area contributed by atoms with Crippen LogP contribution in [0.1, 0.15) is 46.0 Å². The van der Waals surface area contributed by atoms with Crippen molar-refractivity contribution in [2.24, 2.45) is 11.7 Å². The Bertz CT molecular complexity index is 134. The Morgan fingerprint density at radius 2 is 2.23 bits per heavy atom. The van der Waals surface area contributed by atoms with E-state index >= 15 is 0 Å². The zero-order valence-corrected chi connectivity index (χ0v) is 8.96. The molecule has 0 amide bonds. The lowest BCUT2D eigenvalue weighted by atomic mass is 9.88. The zero-order valence-electron chi connectivity index (χ0n) is 8.96. The molecule has 1 fully saturated rings. The number of nitrogens with two attached hydrogens (primary N) is 1. The molecule has 1 aliphatic rings. The van der Waals surface area contributed by atoms with E-state index in [0.717, 1.165) is 12.3 Å². The van der Waals surface area contributed by atoms with Gasteiger partial charge < -0.3 is 10.5 Å². The Morgan fingerprint density at radius 3 is 2.77 bits per heavy atom. The molecule has 1 rings (SSSR count). The minimum Gasteiger partial charge on any atom is -0.374 e. The normalized spacial score (nSPS) is 31.6. The molecule has 0 bridgehead atoms. The lowest BCUT2D eigenvalue weighted by Crippen LogP contribution is -2.31. The molecule has 3 atom stereocenters. The lowest BCUT2D eigenvalue weighted by molar-refractivity contribution is -0.0356. The van der Waals surface area contributed by atoms with Crippen LogP contribution in [0.4, 0.5) is 0 Å². The van der Waals surface area contributed by atoms with Gasteiger partial charge in [-0.25, -0.2) is 0 Å². The second-order valence-electron chi connectivity index (χ2n) is 4.30. The maximum Gasteiger partial charge on any atom is 0.0698 e. The number of rotatable bonds is 4. The molecule has 0 saturated heterocycles. The molecule has 0 spiro atoms. The Morgan fingerprint density at radius 1 is 1.46 bits per heavy atom. The van der Waals surface area contributed by atoms with Gasteiger partial charge in [-0.1, -0.05) is 26.7 Å². The van der Waals surface area contributed by atoms with Crippen LogP contribution in [-0.4, -0.2) is 18.8 Å². The van der Waals surface area contributed by atoms with Crippen molar-refractivity contribution in [3.05, 3.63) is 0 Å². The summed E-state index contributed by atoms with van der Waals surface area (Å²) < 4.78 is 5.94. The van der Waals surface area contributed by atoms with Gasteiger partial charge in [0.25, 0.3) is 0 Å². The van der Waals surface area contributed by atoms with Crippen molar-refractivity contribution in [1.29, 1.82) is 0 Å². The van der Waals surface area contributed by atoms with E-state index in [-0.39, 0.29) is 6.10 Å². The Balaban J connectivity index is 2.26. The van der Waals surface area contributed by atoms with Gasteiger partial charge in [0, 0.05) is 6.54 Å². The van der Waals surface area contributed by atoms with Crippen LogP contribution in [0.25, 0.3) is 0 Å². The topological polar surface area (TPSA) is 35.2 Å². The molecule has 13 heavy (non-hydrogen) atoms. The summed E-state index contributed by atoms with van der Waals surface area (Å²) in [4.78, 5) is 0. The van der Waals surface area contributed by atoms with Gasteiger partial charge >= 0.3 is 0 Å². The van der Waals surface area contributed by atoms with Crippen LogP contribution >= 0.6 is 0 Å². The average Bonchev–Trinajstić information content (AvgIpc) is 2.14. The first-order valence-corrected chi connectivity index (χ1v) is 5.61. The largest absolute Gasteiger partial charge is 0.374 e. The van der Waals surface area contributed by atoms with E-state index in [9.17, 15) is 0 Å². The van der Waals surface area contributed by atoms with Gasteiger partial charge in [0.15, 0.2) is 0 Å². The number of hydrogen-bond acceptors (Lipinski definition) is 2. The average molecular weight is 185 g/mol. The SMILES string of the molecule is CCC(CN)OC1CCCC(C)C1. The van der Waals surface area contributed by atoms with E-state index in [1.165, 1.54) is 25.7 Å². The van der Waals surface area contributed by atoms with Crippen LogP contribution in [0.3, 0.4) is 0 Å². The number of ether oxygens (including phenoxy) is 1. The Kier molecular flexibility index (Phi) is 4.74. The highest BCUT2D eigenvalue weighted by Crippen LogP contribution is 2.26. The fourth-order valence-corrected chi connectivity index (χ4v) is 2.09. The molecule has 0 aliphatic heterocycles. The van der Waals surface area contributed by atoms with E-state index in [2.05, 4.69) is 13.8 Å². The summed E-state index contributed by atoms with van der Waals surface area (Å²) in [6, 6.07) is 0. The third-order valence-electron chi connectivity index (χ3n) is 2.99. The first-order chi connectivity index (χ1) is 6.26. The molecule has 0 aromatic carbocycles. The molecule has 1 aliphatic carbocycles. The molecular weight excluding hydrogens is 162 g/mol. The van der Waals surface area contributed by atoms with Crippen molar-refractivity contribution in [2.75, 3.05) is 6.54 Å². The minimum atomic E-state index is 0.287. The first kappa shape index (κ1) is 11.0. The van der Waals surface area contributed by atoms with Gasteiger partial charge in [-0.15, -0.1) is 0 Å². The molecule has 78 valence electrons. The Hall–Kier alpha value is -0.0800. The van der Waals surface area contributed by atoms with E-state index in [1.807, 2.05) is 0 Å². The smallest absolute Gasteiger partial charge is 0.0698 e. The molecule has 0 radical (unpaired) electrons. The summed E-state index contributed by atoms with van der Waals surface area (Å²) in [6.45, 7) is 5.13. The number of hydrogen-bond donors (Lipinski definition) is 1. The van der Waals surface area contributed by atoms with Gasteiger partial charge in [0.05, 0.1) is 12.2 Å². The van der Waals surface area contributed by atoms with Crippen LogP contribution in [0, 0.1) is 5.92 Å². The van der Waals surface area contributed by atoms with Crippen LogP contribution in [-0.2, 0) is 4.74 Å². The van der Waals surface area contributed by atoms with Gasteiger partial charge in [0.2, 0.25) is 0 Å². The monoisotopic (exact) mass is 185 g/mol. The molecule has 2 N–H and O–H groups in total. The second-order valence-corrected chi connectivity index (χ2v) is 4.30. The third kappa shape index (κ3) is 3.65. The molecule has 1 saturated carbocycles. The summed E-state index contributed by atoms with van der Waals surface area (Å²) in [5, 5.41) is 0. The van der Waals surface area contributed by atoms with Crippen molar-refractivity contribution in [2.45, 2.75) is 58.2 Å². The summed E-state index contributed by atoms with van der Waals surface area (Å²) in [5.74, 6) is 0.842. The molecule has 3 unspecified atom stereocenters. The third-order valence-corrected chi connectivity index (χ3v) is 2.99. The first-order valence-electron chi connectivity index (χ1n) is 5.61. The van der Waals surface area contributed by atoms with E-state index < -0.39 is 0 Å². The van der Waals surface area contributed by atoms with Crippen LogP contribution in [0.2, 0.25) is 0 Å². The molecule has 2 nitrogen and oxygen atoms in total. The maximum absolute atomic E-state index is 5.94. The van der Waals surface area contributed by atoms with Gasteiger partial charge in [-0.3, -0.25) is 0 Å². The quantitative estimate of drug-likeness (QED) is 0.729. The highest BCUT2D eigenvalue weighted by molar-refractivity contribution is 4.72. The van der Waals surface area contributed by atoms with E-state index in [4.69, 9.17) is 10.5 Å². The van der Waals surface area contributed by atoms with Gasteiger partial charge in [-0.2, -0.15) is 0 Å². The van der Waals surface area contributed by atoms with Crippen molar-refractivity contribution in [3.63, 3.8) is 0 Å². The molecule has 2 heteroatoms. The molecule has 0 heterocycles.